The Kier molecular flexibility index (Phi) is 4.40. The summed E-state index contributed by atoms with van der Waals surface area (Å²) < 4.78 is 48.5. The predicted octanol–water partition coefficient (Wildman–Crippen LogP) is 1.72. The molecule has 9 heteroatoms. The summed E-state index contributed by atoms with van der Waals surface area (Å²) in [4.78, 5) is 9.76. The molecule has 0 aliphatic rings. The zero-order chi connectivity index (χ0) is 14.8. The van der Waals surface area contributed by atoms with Gasteiger partial charge in [0.1, 0.15) is 21.3 Å². The van der Waals surface area contributed by atoms with Crippen LogP contribution in [-0.2, 0) is 9.84 Å². The zero-order valence-corrected chi connectivity index (χ0v) is 11.0. The topological polar surface area (TPSA) is 89.3 Å². The van der Waals surface area contributed by atoms with E-state index in [1.165, 1.54) is 6.92 Å². The van der Waals surface area contributed by atoms with E-state index in [2.05, 4.69) is 5.32 Å². The number of nitrogens with one attached hydrogen (secondary N) is 1. The molecule has 0 heterocycles. The van der Waals surface area contributed by atoms with Crippen LogP contribution in [0, 0.1) is 21.7 Å². The maximum Gasteiger partial charge on any atom is 0.298 e. The molecule has 0 saturated carbocycles. The van der Waals surface area contributed by atoms with Gasteiger partial charge in [0.15, 0.2) is 5.82 Å². The van der Waals surface area contributed by atoms with Gasteiger partial charge in [0.25, 0.3) is 5.69 Å². The first-order valence-corrected chi connectivity index (χ1v) is 7.24. The van der Waals surface area contributed by atoms with Gasteiger partial charge < -0.3 is 5.32 Å². The Hall–Kier alpha value is -1.77. The van der Waals surface area contributed by atoms with Gasteiger partial charge in [-0.3, -0.25) is 10.1 Å². The van der Waals surface area contributed by atoms with Crippen LogP contribution in [0.15, 0.2) is 12.1 Å². The van der Waals surface area contributed by atoms with Gasteiger partial charge in [-0.1, -0.05) is 0 Å². The average molecular weight is 294 g/mol. The fourth-order valence-corrected chi connectivity index (χ4v) is 2.58. The fraction of sp³-hybridized carbons (Fsp3) is 0.400. The Morgan fingerprint density at radius 2 is 2.00 bits per heavy atom. The number of rotatable bonds is 5. The Morgan fingerprint density at radius 3 is 2.47 bits per heavy atom. The Bertz CT molecular complexity index is 604. The number of anilines is 1. The van der Waals surface area contributed by atoms with Gasteiger partial charge in [-0.2, -0.15) is 0 Å². The molecule has 1 rings (SSSR count). The molecule has 0 radical (unpaired) electrons. The van der Waals surface area contributed by atoms with E-state index in [1.54, 1.807) is 0 Å². The quantitative estimate of drug-likeness (QED) is 0.659. The molecular formula is C10H12F2N2O4S. The van der Waals surface area contributed by atoms with Crippen molar-refractivity contribution < 1.29 is 22.1 Å². The van der Waals surface area contributed by atoms with Crippen molar-refractivity contribution >= 4 is 21.2 Å². The normalized spacial score (nSPS) is 13.1. The first-order valence-electron chi connectivity index (χ1n) is 5.18. The summed E-state index contributed by atoms with van der Waals surface area (Å²) >= 11 is 0. The number of nitrogens with zero attached hydrogens (tertiary/aromatic N) is 1. The molecule has 0 saturated heterocycles. The molecule has 1 N–H and O–H groups in total. The summed E-state index contributed by atoms with van der Waals surface area (Å²) in [6.07, 6.45) is 0.987. The summed E-state index contributed by atoms with van der Waals surface area (Å²) in [7, 11) is -3.33. The molecule has 106 valence electrons. The van der Waals surface area contributed by atoms with Crippen LogP contribution in [0.4, 0.5) is 20.2 Å². The van der Waals surface area contributed by atoms with E-state index in [0.29, 0.717) is 12.1 Å². The van der Waals surface area contributed by atoms with Crippen molar-refractivity contribution in [3.63, 3.8) is 0 Å². The van der Waals surface area contributed by atoms with E-state index in [9.17, 15) is 27.3 Å². The molecule has 1 aromatic carbocycles. The number of sulfone groups is 1. The molecule has 1 unspecified atom stereocenters. The smallest absolute Gasteiger partial charge is 0.298 e. The van der Waals surface area contributed by atoms with Crippen molar-refractivity contribution in [3.8, 4) is 0 Å². The van der Waals surface area contributed by atoms with Crippen molar-refractivity contribution in [2.45, 2.75) is 13.0 Å². The van der Waals surface area contributed by atoms with E-state index in [1.807, 2.05) is 0 Å². The third kappa shape index (κ3) is 4.43. The van der Waals surface area contributed by atoms with Crippen molar-refractivity contribution in [3.05, 3.63) is 33.9 Å². The van der Waals surface area contributed by atoms with E-state index in [0.717, 1.165) is 6.26 Å². The minimum atomic E-state index is -3.33. The molecule has 0 spiro atoms. The van der Waals surface area contributed by atoms with Crippen molar-refractivity contribution in [1.29, 1.82) is 0 Å². The predicted molar refractivity (Wildman–Crippen MR) is 65.8 cm³/mol. The number of hydrogen-bond donors (Lipinski definition) is 1. The molecule has 0 aromatic heterocycles. The lowest BCUT2D eigenvalue weighted by atomic mass is 10.2. The van der Waals surface area contributed by atoms with E-state index in [-0.39, 0.29) is 5.75 Å². The standard InChI is InChI=1S/C10H12F2N2O4S/c1-6(5-19(2,17)18)13-10-8(12)3-7(11)4-9(10)14(15)16/h3-4,6,13H,5H2,1-2H3. The minimum absolute atomic E-state index is 0.332. The third-order valence-corrected chi connectivity index (χ3v) is 3.28. The number of nitro benzene ring substituents is 1. The summed E-state index contributed by atoms with van der Waals surface area (Å²) in [5, 5.41) is 13.1. The SMILES string of the molecule is CC(CS(C)(=O)=O)Nc1c(F)cc(F)cc1[N+](=O)[O-]. The first kappa shape index (κ1) is 15.3. The number of hydrogen-bond acceptors (Lipinski definition) is 5. The Morgan fingerprint density at radius 1 is 1.42 bits per heavy atom. The van der Waals surface area contributed by atoms with Crippen LogP contribution in [0.3, 0.4) is 0 Å². The lowest BCUT2D eigenvalue weighted by Crippen LogP contribution is -2.26. The summed E-state index contributed by atoms with van der Waals surface area (Å²) in [6.45, 7) is 1.42. The van der Waals surface area contributed by atoms with Gasteiger partial charge in [-0.05, 0) is 6.92 Å². The number of nitro groups is 1. The minimum Gasteiger partial charge on any atom is -0.374 e. The largest absolute Gasteiger partial charge is 0.374 e. The maximum atomic E-state index is 13.5. The molecular weight excluding hydrogens is 282 g/mol. The second-order valence-electron chi connectivity index (χ2n) is 4.18. The van der Waals surface area contributed by atoms with Crippen LogP contribution in [0.25, 0.3) is 0 Å². The highest BCUT2D eigenvalue weighted by Gasteiger charge is 2.22. The summed E-state index contributed by atoms with van der Waals surface area (Å²) in [5.41, 5.74) is -1.31. The van der Waals surface area contributed by atoms with Crippen LogP contribution >= 0.6 is 0 Å². The molecule has 6 nitrogen and oxygen atoms in total. The average Bonchev–Trinajstić information content (AvgIpc) is 2.18. The third-order valence-electron chi connectivity index (χ3n) is 2.17. The second-order valence-corrected chi connectivity index (χ2v) is 6.36. The zero-order valence-electron chi connectivity index (χ0n) is 10.2. The van der Waals surface area contributed by atoms with E-state index < -0.39 is 43.8 Å². The van der Waals surface area contributed by atoms with Gasteiger partial charge in [-0.25, -0.2) is 17.2 Å². The summed E-state index contributed by atoms with van der Waals surface area (Å²) in [5.74, 6) is -2.56. The van der Waals surface area contributed by atoms with Crippen LogP contribution in [0.5, 0.6) is 0 Å². The van der Waals surface area contributed by atoms with E-state index in [4.69, 9.17) is 0 Å². The van der Waals surface area contributed by atoms with Crippen LogP contribution in [0.2, 0.25) is 0 Å². The highest BCUT2D eigenvalue weighted by atomic mass is 32.2. The number of halogens is 2. The Balaban J connectivity index is 3.10. The number of benzene rings is 1. The first-order chi connectivity index (χ1) is 8.60. The Labute approximate surface area is 108 Å². The highest BCUT2D eigenvalue weighted by molar-refractivity contribution is 7.90. The van der Waals surface area contributed by atoms with Gasteiger partial charge in [0, 0.05) is 18.4 Å². The molecule has 1 aromatic rings. The molecule has 0 bridgehead atoms. The molecule has 0 amide bonds. The fourth-order valence-electron chi connectivity index (χ4n) is 1.59. The van der Waals surface area contributed by atoms with Crippen molar-refractivity contribution in [1.82, 2.24) is 0 Å². The molecule has 0 aliphatic heterocycles. The second kappa shape index (κ2) is 5.47. The maximum absolute atomic E-state index is 13.5. The molecule has 19 heavy (non-hydrogen) atoms. The van der Waals surface area contributed by atoms with E-state index >= 15 is 0 Å². The van der Waals surface area contributed by atoms with Crippen molar-refractivity contribution in [2.24, 2.45) is 0 Å². The lowest BCUT2D eigenvalue weighted by Gasteiger charge is -2.14. The van der Waals surface area contributed by atoms with Crippen LogP contribution in [-0.4, -0.2) is 31.4 Å². The molecule has 0 aliphatic carbocycles. The monoisotopic (exact) mass is 294 g/mol. The lowest BCUT2D eigenvalue weighted by molar-refractivity contribution is -0.384. The van der Waals surface area contributed by atoms with Crippen LogP contribution < -0.4 is 5.32 Å². The highest BCUT2D eigenvalue weighted by Crippen LogP contribution is 2.29. The van der Waals surface area contributed by atoms with Gasteiger partial charge >= 0.3 is 0 Å². The molecule has 0 fully saturated rings. The summed E-state index contributed by atoms with van der Waals surface area (Å²) in [6, 6.07) is 0.301. The van der Waals surface area contributed by atoms with Crippen LogP contribution in [0.1, 0.15) is 6.92 Å². The van der Waals surface area contributed by atoms with Gasteiger partial charge in [0.2, 0.25) is 0 Å². The molecule has 1 atom stereocenters. The van der Waals surface area contributed by atoms with Gasteiger partial charge in [-0.15, -0.1) is 0 Å². The van der Waals surface area contributed by atoms with Gasteiger partial charge in [0.05, 0.1) is 16.7 Å². The van der Waals surface area contributed by atoms with Crippen molar-refractivity contribution in [2.75, 3.05) is 17.3 Å².